The van der Waals surface area contributed by atoms with Crippen LogP contribution in [0.25, 0.3) is 0 Å². The Bertz CT molecular complexity index is 1790. The summed E-state index contributed by atoms with van der Waals surface area (Å²) in [6.07, 6.45) is -13.6. The molecule has 0 aromatic carbocycles. The number of fused-ring (bicyclic) bond motifs is 7. The number of aliphatic hydroxyl groups is 8. The molecule has 22 unspecified atom stereocenters. The van der Waals surface area contributed by atoms with Crippen molar-refractivity contribution in [3.8, 4) is 0 Å². The van der Waals surface area contributed by atoms with Crippen molar-refractivity contribution in [2.45, 2.75) is 178 Å². The van der Waals surface area contributed by atoms with E-state index in [-0.39, 0.29) is 40.6 Å². The second-order valence-electron chi connectivity index (χ2n) is 21.0. The highest BCUT2D eigenvalue weighted by Gasteiger charge is 2.70. The first-order chi connectivity index (χ1) is 29.6. The van der Waals surface area contributed by atoms with Crippen molar-refractivity contribution >= 4 is 11.9 Å². The highest BCUT2D eigenvalue weighted by atomic mass is 16.8. The van der Waals surface area contributed by atoms with Gasteiger partial charge in [-0.3, -0.25) is 4.79 Å². The molecule has 0 spiro atoms. The Kier molecular flexibility index (Phi) is 12.7. The molecule has 3 aliphatic heterocycles. The van der Waals surface area contributed by atoms with E-state index < -0.39 is 122 Å². The number of rotatable bonds is 9. The predicted octanol–water partition coefficient (Wildman–Crippen LogP) is 0.579. The molecule has 18 heteroatoms. The highest BCUT2D eigenvalue weighted by molar-refractivity contribution is 5.77. The van der Waals surface area contributed by atoms with Crippen LogP contribution in [-0.4, -0.2) is 169 Å². The van der Waals surface area contributed by atoms with Crippen LogP contribution in [0.4, 0.5) is 0 Å². The third-order valence-corrected chi connectivity index (χ3v) is 18.1. The molecule has 22 atom stereocenters. The van der Waals surface area contributed by atoms with Gasteiger partial charge in [-0.25, -0.2) is 4.79 Å². The molecule has 356 valence electrons. The van der Waals surface area contributed by atoms with Gasteiger partial charge in [0, 0.05) is 11.3 Å². The maximum absolute atomic E-state index is 13.0. The van der Waals surface area contributed by atoms with Crippen molar-refractivity contribution in [2.24, 2.45) is 44.8 Å². The summed E-state index contributed by atoms with van der Waals surface area (Å²) >= 11 is 0. The van der Waals surface area contributed by atoms with Crippen LogP contribution in [0.2, 0.25) is 0 Å². The van der Waals surface area contributed by atoms with E-state index in [0.29, 0.717) is 32.1 Å². The molecule has 0 amide bonds. The van der Waals surface area contributed by atoms with Crippen molar-refractivity contribution in [1.29, 1.82) is 0 Å². The normalized spacial score (nSPS) is 53.6. The number of carboxylic acid groups (broad SMARTS) is 2. The average molecular weight is 897 g/mol. The summed E-state index contributed by atoms with van der Waals surface area (Å²) < 4.78 is 35.6. The molecule has 0 radical (unpaired) electrons. The van der Waals surface area contributed by atoms with Gasteiger partial charge in [0.25, 0.3) is 0 Å². The number of aliphatic carboxylic acids is 2. The summed E-state index contributed by atoms with van der Waals surface area (Å²) in [4.78, 5) is 24.8. The Morgan fingerprint density at radius 1 is 0.762 bits per heavy atom. The van der Waals surface area contributed by atoms with E-state index in [4.69, 9.17) is 28.4 Å². The van der Waals surface area contributed by atoms with E-state index in [1.165, 1.54) is 5.57 Å². The topological polar surface area (TPSA) is 292 Å². The highest BCUT2D eigenvalue weighted by Crippen LogP contribution is 2.75. The number of allylic oxidation sites excluding steroid dienone is 3. The molecule has 0 bridgehead atoms. The molecule has 3 heterocycles. The van der Waals surface area contributed by atoms with Crippen LogP contribution >= 0.6 is 0 Å². The fraction of sp³-hybridized carbons (Fsp3) is 0.867. The molecule has 5 aliphatic carbocycles. The van der Waals surface area contributed by atoms with Crippen molar-refractivity contribution in [1.82, 2.24) is 0 Å². The lowest BCUT2D eigenvalue weighted by Crippen LogP contribution is -2.67. The van der Waals surface area contributed by atoms with Crippen LogP contribution in [0.3, 0.4) is 0 Å². The van der Waals surface area contributed by atoms with Crippen LogP contribution in [0.15, 0.2) is 23.8 Å². The zero-order valence-electron chi connectivity index (χ0n) is 36.5. The first-order valence-corrected chi connectivity index (χ1v) is 22.6. The number of carboxylic acids is 2. The molecular formula is C45H68O18. The van der Waals surface area contributed by atoms with Gasteiger partial charge in [-0.15, -0.1) is 0 Å². The van der Waals surface area contributed by atoms with Crippen LogP contribution < -0.4 is 0 Å². The Balaban J connectivity index is 1.05. The molecule has 18 nitrogen and oxygen atoms in total. The van der Waals surface area contributed by atoms with Gasteiger partial charge >= 0.3 is 11.9 Å². The average Bonchev–Trinajstić information content (AvgIpc) is 3.24. The molecule has 0 aromatic heterocycles. The fourth-order valence-corrected chi connectivity index (χ4v) is 14.1. The van der Waals surface area contributed by atoms with E-state index in [1.807, 2.05) is 6.92 Å². The molecule has 10 N–H and O–H groups in total. The molecule has 0 aromatic rings. The second-order valence-corrected chi connectivity index (χ2v) is 21.0. The number of carbonyl (C=O) groups is 2. The lowest BCUT2D eigenvalue weighted by atomic mass is 9.34. The van der Waals surface area contributed by atoms with Crippen molar-refractivity contribution in [3.05, 3.63) is 23.8 Å². The van der Waals surface area contributed by atoms with Gasteiger partial charge in [0.05, 0.1) is 31.3 Å². The monoisotopic (exact) mass is 896 g/mol. The van der Waals surface area contributed by atoms with Crippen molar-refractivity contribution in [3.63, 3.8) is 0 Å². The van der Waals surface area contributed by atoms with Crippen LogP contribution in [-0.2, 0) is 38.0 Å². The Morgan fingerprint density at radius 2 is 1.46 bits per heavy atom. The van der Waals surface area contributed by atoms with Gasteiger partial charge in [0.15, 0.2) is 25.0 Å². The lowest BCUT2D eigenvalue weighted by molar-refractivity contribution is -0.375. The molecule has 63 heavy (non-hydrogen) atoms. The Morgan fingerprint density at radius 3 is 2.14 bits per heavy atom. The number of hydrogen-bond acceptors (Lipinski definition) is 16. The maximum Gasteiger partial charge on any atom is 0.335 e. The van der Waals surface area contributed by atoms with Gasteiger partial charge in [0.1, 0.15) is 54.9 Å². The molecule has 8 aliphatic rings. The van der Waals surface area contributed by atoms with Crippen molar-refractivity contribution < 1.29 is 89.1 Å². The summed E-state index contributed by atoms with van der Waals surface area (Å²) in [6.45, 7) is 12.3. The third-order valence-electron chi connectivity index (χ3n) is 18.1. The van der Waals surface area contributed by atoms with Crippen LogP contribution in [0.5, 0.6) is 0 Å². The van der Waals surface area contributed by atoms with Gasteiger partial charge in [-0.05, 0) is 92.3 Å². The fourth-order valence-electron chi connectivity index (χ4n) is 14.1. The summed E-state index contributed by atoms with van der Waals surface area (Å²) in [5, 5.41) is 106. The lowest BCUT2D eigenvalue weighted by Gasteiger charge is -2.71. The molecule has 4 saturated carbocycles. The molecular weight excluding hydrogens is 828 g/mol. The van der Waals surface area contributed by atoms with Gasteiger partial charge < -0.3 is 79.5 Å². The zero-order chi connectivity index (χ0) is 45.8. The minimum absolute atomic E-state index is 0.0421. The number of ether oxygens (including phenoxy) is 6. The quantitative estimate of drug-likeness (QED) is 0.112. The Hall–Kier alpha value is -2.14. The second kappa shape index (κ2) is 16.9. The van der Waals surface area contributed by atoms with Gasteiger partial charge in [-0.2, -0.15) is 0 Å². The third kappa shape index (κ3) is 7.28. The summed E-state index contributed by atoms with van der Waals surface area (Å²) in [6, 6.07) is 0. The van der Waals surface area contributed by atoms with E-state index in [1.54, 1.807) is 0 Å². The molecule has 3 saturated heterocycles. The summed E-state index contributed by atoms with van der Waals surface area (Å²) in [7, 11) is 0. The minimum atomic E-state index is -1.99. The van der Waals surface area contributed by atoms with Gasteiger partial charge in [-0.1, -0.05) is 51.5 Å². The minimum Gasteiger partial charge on any atom is -0.481 e. The Labute approximate surface area is 366 Å². The van der Waals surface area contributed by atoms with Crippen LogP contribution in [0.1, 0.15) is 91.9 Å². The zero-order valence-corrected chi connectivity index (χ0v) is 36.5. The van der Waals surface area contributed by atoms with E-state index in [2.05, 4.69) is 33.4 Å². The summed E-state index contributed by atoms with van der Waals surface area (Å²) in [5.41, 5.74) is 0.0947. The maximum atomic E-state index is 13.0. The first kappa shape index (κ1) is 47.4. The molecule has 7 fully saturated rings. The largest absolute Gasteiger partial charge is 0.481 e. The molecule has 8 rings (SSSR count). The van der Waals surface area contributed by atoms with E-state index >= 15 is 0 Å². The smallest absolute Gasteiger partial charge is 0.335 e. The van der Waals surface area contributed by atoms with Crippen LogP contribution in [0, 0.1) is 44.8 Å². The SMILES string of the molecule is C=C1CCC2(C(=O)O)CCC3(C)C(=CCC4C5(C)CCC(OC6OCC(OC7OC(C(=O)O)C(O)C(O)C7O)C(O)C6OC6OCC(O)C(O)C6O)C(C)(CO)C5CCC43C)C2C1. The van der Waals surface area contributed by atoms with E-state index in [9.17, 15) is 60.7 Å². The van der Waals surface area contributed by atoms with Crippen molar-refractivity contribution in [2.75, 3.05) is 19.8 Å². The number of aliphatic hydroxyl groups excluding tert-OH is 8. The van der Waals surface area contributed by atoms with Gasteiger partial charge in [0.2, 0.25) is 0 Å². The number of hydrogen-bond donors (Lipinski definition) is 10. The van der Waals surface area contributed by atoms with E-state index in [0.717, 1.165) is 37.7 Å². The summed E-state index contributed by atoms with van der Waals surface area (Å²) in [5.74, 6) is -2.27. The first-order valence-electron chi connectivity index (χ1n) is 22.6. The predicted molar refractivity (Wildman–Crippen MR) is 216 cm³/mol. The standard InChI is InChI=1S/C45H68O18/c1-20-8-13-45(40(56)57)15-14-43(4)21(22(45)16-20)6-7-26-41(2)11-10-27(42(3,19-46)25(41)9-12-44(26,43)5)61-39-35(63-37-32(52)28(48)23(47)17-58-37)29(49)24(18-59-39)60-38-33(53)30(50)31(51)34(62-38)36(54)55/h6,22-35,37-39,46-53H,1,7-19H2,2-5H3,(H,54,55)(H,56,57).